The topological polar surface area (TPSA) is 26.0 Å². The molecule has 0 saturated carbocycles. The Morgan fingerprint density at radius 3 is 2.31 bits per heavy atom. The third kappa shape index (κ3) is 2.06. The molecule has 72 valence electrons. The Kier molecular flexibility index (Phi) is 2.43. The van der Waals surface area contributed by atoms with Crippen molar-refractivity contribution in [1.29, 1.82) is 0 Å². The first-order chi connectivity index (χ1) is 5.82. The highest BCUT2D eigenvalue weighted by atomic mass is 35.5. The molecule has 0 aliphatic heterocycles. The van der Waals surface area contributed by atoms with Gasteiger partial charge in [-0.3, -0.25) is 0 Å². The average Bonchev–Trinajstić information content (AvgIpc) is 1.94. The van der Waals surface area contributed by atoms with E-state index in [0.717, 1.165) is 6.07 Å². The van der Waals surface area contributed by atoms with Crippen LogP contribution in [-0.2, 0) is 6.18 Å². The van der Waals surface area contributed by atoms with Gasteiger partial charge in [0.15, 0.2) is 0 Å². The molecule has 0 bridgehead atoms. The van der Waals surface area contributed by atoms with E-state index in [0.29, 0.717) is 0 Å². The van der Waals surface area contributed by atoms with E-state index in [2.05, 4.69) is 0 Å². The van der Waals surface area contributed by atoms with E-state index in [1.54, 1.807) is 0 Å². The first kappa shape index (κ1) is 10.2. The predicted octanol–water partition coefficient (Wildman–Crippen LogP) is 3.25. The SMILES string of the molecule is Cc1c(N)cc(Cl)cc1C(F)(F)F. The average molecular weight is 210 g/mol. The van der Waals surface area contributed by atoms with Crippen LogP contribution in [0.1, 0.15) is 11.1 Å². The fourth-order valence-corrected chi connectivity index (χ4v) is 1.22. The van der Waals surface area contributed by atoms with E-state index < -0.39 is 11.7 Å². The molecule has 0 aliphatic carbocycles. The van der Waals surface area contributed by atoms with Crippen LogP contribution in [0.2, 0.25) is 5.02 Å². The summed E-state index contributed by atoms with van der Waals surface area (Å²) in [5.74, 6) is 0. The van der Waals surface area contributed by atoms with Gasteiger partial charge in [-0.05, 0) is 24.6 Å². The standard InChI is InChI=1S/C8H7ClF3N/c1-4-6(8(10,11)12)2-5(9)3-7(4)13/h2-3H,13H2,1H3. The molecule has 5 heteroatoms. The van der Waals surface area contributed by atoms with Crippen molar-refractivity contribution in [3.63, 3.8) is 0 Å². The van der Waals surface area contributed by atoms with Gasteiger partial charge in [0.2, 0.25) is 0 Å². The fourth-order valence-electron chi connectivity index (χ4n) is 0.995. The molecule has 0 radical (unpaired) electrons. The smallest absolute Gasteiger partial charge is 0.398 e. The largest absolute Gasteiger partial charge is 0.416 e. The molecular weight excluding hydrogens is 203 g/mol. The second-order valence-electron chi connectivity index (χ2n) is 2.67. The van der Waals surface area contributed by atoms with Crippen LogP contribution in [0.15, 0.2) is 12.1 Å². The van der Waals surface area contributed by atoms with Crippen LogP contribution in [0.3, 0.4) is 0 Å². The third-order valence-electron chi connectivity index (χ3n) is 1.72. The molecule has 0 atom stereocenters. The van der Waals surface area contributed by atoms with Crippen molar-refractivity contribution in [2.75, 3.05) is 5.73 Å². The van der Waals surface area contributed by atoms with Crippen LogP contribution in [0.25, 0.3) is 0 Å². The number of hydrogen-bond acceptors (Lipinski definition) is 1. The summed E-state index contributed by atoms with van der Waals surface area (Å²) in [6, 6.07) is 2.17. The third-order valence-corrected chi connectivity index (χ3v) is 1.94. The predicted molar refractivity (Wildman–Crippen MR) is 45.6 cm³/mol. The number of hydrogen-bond donors (Lipinski definition) is 1. The lowest BCUT2D eigenvalue weighted by molar-refractivity contribution is -0.138. The second kappa shape index (κ2) is 3.10. The van der Waals surface area contributed by atoms with Crippen LogP contribution in [0.4, 0.5) is 18.9 Å². The maximum atomic E-state index is 12.3. The lowest BCUT2D eigenvalue weighted by Crippen LogP contribution is -2.09. The van der Waals surface area contributed by atoms with Gasteiger partial charge in [0, 0.05) is 10.7 Å². The van der Waals surface area contributed by atoms with Crippen LogP contribution >= 0.6 is 11.6 Å². The molecule has 1 rings (SSSR count). The van der Waals surface area contributed by atoms with Gasteiger partial charge < -0.3 is 5.73 Å². The zero-order valence-corrected chi connectivity index (χ0v) is 7.50. The van der Waals surface area contributed by atoms with Gasteiger partial charge in [0.1, 0.15) is 0 Å². The lowest BCUT2D eigenvalue weighted by Gasteiger charge is -2.12. The summed E-state index contributed by atoms with van der Waals surface area (Å²) in [5.41, 5.74) is 4.62. The van der Waals surface area contributed by atoms with Crippen molar-refractivity contribution < 1.29 is 13.2 Å². The van der Waals surface area contributed by atoms with Gasteiger partial charge in [-0.1, -0.05) is 11.6 Å². The Labute approximate surface area is 78.3 Å². The molecule has 0 fully saturated rings. The van der Waals surface area contributed by atoms with Crippen LogP contribution in [-0.4, -0.2) is 0 Å². The first-order valence-corrected chi connectivity index (χ1v) is 3.83. The molecule has 0 spiro atoms. The van der Waals surface area contributed by atoms with Gasteiger partial charge in [-0.15, -0.1) is 0 Å². The summed E-state index contributed by atoms with van der Waals surface area (Å²) in [4.78, 5) is 0. The molecule has 1 aromatic rings. The van der Waals surface area contributed by atoms with Crippen molar-refractivity contribution >= 4 is 17.3 Å². The summed E-state index contributed by atoms with van der Waals surface area (Å²) in [7, 11) is 0. The van der Waals surface area contributed by atoms with Crippen LogP contribution in [0.5, 0.6) is 0 Å². The van der Waals surface area contributed by atoms with Crippen molar-refractivity contribution in [2.24, 2.45) is 0 Å². The summed E-state index contributed by atoms with van der Waals surface area (Å²) < 4.78 is 36.9. The molecule has 1 nitrogen and oxygen atoms in total. The minimum Gasteiger partial charge on any atom is -0.398 e. The lowest BCUT2D eigenvalue weighted by atomic mass is 10.1. The second-order valence-corrected chi connectivity index (χ2v) is 3.10. The number of rotatable bonds is 0. The Morgan fingerprint density at radius 1 is 1.31 bits per heavy atom. The summed E-state index contributed by atoms with van der Waals surface area (Å²) in [6.07, 6.45) is -4.40. The number of nitrogens with two attached hydrogens (primary N) is 1. The molecule has 0 unspecified atom stereocenters. The summed E-state index contributed by atoms with van der Waals surface area (Å²) in [6.45, 7) is 1.31. The van der Waals surface area contributed by atoms with Gasteiger partial charge in [0.05, 0.1) is 5.56 Å². The first-order valence-electron chi connectivity index (χ1n) is 3.45. The number of benzene rings is 1. The van der Waals surface area contributed by atoms with E-state index in [1.165, 1.54) is 13.0 Å². The molecule has 2 N–H and O–H groups in total. The van der Waals surface area contributed by atoms with Gasteiger partial charge in [-0.2, -0.15) is 13.2 Å². The quantitative estimate of drug-likeness (QED) is 0.652. The Morgan fingerprint density at radius 2 is 1.85 bits per heavy atom. The van der Waals surface area contributed by atoms with Crippen molar-refractivity contribution in [2.45, 2.75) is 13.1 Å². The maximum absolute atomic E-state index is 12.3. The molecule has 0 aliphatic rings. The zero-order chi connectivity index (χ0) is 10.2. The summed E-state index contributed by atoms with van der Waals surface area (Å²) in [5, 5.41) is -0.00424. The fraction of sp³-hybridized carbons (Fsp3) is 0.250. The van der Waals surface area contributed by atoms with Crippen molar-refractivity contribution in [1.82, 2.24) is 0 Å². The molecule has 0 amide bonds. The monoisotopic (exact) mass is 209 g/mol. The molecular formula is C8H7ClF3N. The van der Waals surface area contributed by atoms with E-state index in [9.17, 15) is 13.2 Å². The van der Waals surface area contributed by atoms with Gasteiger partial charge in [-0.25, -0.2) is 0 Å². The Hall–Kier alpha value is -0.900. The number of nitrogen functional groups attached to an aromatic ring is 1. The molecule has 1 aromatic carbocycles. The highest BCUT2D eigenvalue weighted by molar-refractivity contribution is 6.31. The van der Waals surface area contributed by atoms with Crippen LogP contribution < -0.4 is 5.73 Å². The summed E-state index contributed by atoms with van der Waals surface area (Å²) >= 11 is 5.45. The minimum absolute atomic E-state index is 0.00424. The Bertz CT molecular complexity index is 333. The number of halogens is 4. The van der Waals surface area contributed by atoms with E-state index in [-0.39, 0.29) is 16.3 Å². The Balaban J connectivity index is 3.37. The maximum Gasteiger partial charge on any atom is 0.416 e. The molecule has 0 aromatic heterocycles. The highest BCUT2D eigenvalue weighted by Crippen LogP contribution is 2.35. The normalized spacial score (nSPS) is 11.8. The van der Waals surface area contributed by atoms with Crippen molar-refractivity contribution in [3.8, 4) is 0 Å². The van der Waals surface area contributed by atoms with E-state index in [1.807, 2.05) is 0 Å². The number of alkyl halides is 3. The molecule has 0 saturated heterocycles. The number of anilines is 1. The minimum atomic E-state index is -4.40. The van der Waals surface area contributed by atoms with Gasteiger partial charge in [0.25, 0.3) is 0 Å². The van der Waals surface area contributed by atoms with E-state index >= 15 is 0 Å². The zero-order valence-electron chi connectivity index (χ0n) is 6.74. The van der Waals surface area contributed by atoms with Crippen LogP contribution in [0, 0.1) is 6.92 Å². The molecule has 0 heterocycles. The molecule has 13 heavy (non-hydrogen) atoms. The van der Waals surface area contributed by atoms with Crippen molar-refractivity contribution in [3.05, 3.63) is 28.3 Å². The highest BCUT2D eigenvalue weighted by Gasteiger charge is 2.33. The van der Waals surface area contributed by atoms with E-state index in [4.69, 9.17) is 17.3 Å². The van der Waals surface area contributed by atoms with Gasteiger partial charge >= 0.3 is 6.18 Å².